The van der Waals surface area contributed by atoms with Crippen LogP contribution in [0, 0.1) is 6.92 Å². The number of anilines is 1. The van der Waals surface area contributed by atoms with Crippen LogP contribution in [-0.2, 0) is 6.54 Å². The number of hydrogen-bond acceptors (Lipinski definition) is 4. The molecule has 5 heteroatoms. The van der Waals surface area contributed by atoms with E-state index < -0.39 is 0 Å². The molecule has 0 spiro atoms. The maximum absolute atomic E-state index is 3.95. The van der Waals surface area contributed by atoms with Gasteiger partial charge in [0.2, 0.25) is 0 Å². The number of aryl methyl sites for hydroxylation is 1. The molecule has 0 saturated carbocycles. The minimum atomic E-state index is 0.685. The van der Waals surface area contributed by atoms with Crippen LogP contribution in [0.25, 0.3) is 5.69 Å². The number of fused-ring (bicyclic) bond motifs is 3. The van der Waals surface area contributed by atoms with E-state index in [2.05, 4.69) is 33.8 Å². The Morgan fingerprint density at radius 1 is 1.43 bits per heavy atom. The molecular weight excluding hydrogens is 178 g/mol. The highest BCUT2D eigenvalue weighted by atomic mass is 15.6. The van der Waals surface area contributed by atoms with Crippen LogP contribution in [0.2, 0.25) is 0 Å². The van der Waals surface area contributed by atoms with Crippen molar-refractivity contribution in [2.45, 2.75) is 13.5 Å². The lowest BCUT2D eigenvalue weighted by Crippen LogP contribution is -2.17. The van der Waals surface area contributed by atoms with Crippen LogP contribution in [0.3, 0.4) is 0 Å². The van der Waals surface area contributed by atoms with Crippen LogP contribution in [0.5, 0.6) is 0 Å². The first kappa shape index (κ1) is 7.49. The molecule has 1 aliphatic heterocycles. The molecule has 14 heavy (non-hydrogen) atoms. The summed E-state index contributed by atoms with van der Waals surface area (Å²) in [5.74, 6) is 0.850. The molecule has 0 amide bonds. The molecule has 0 atom stereocenters. The van der Waals surface area contributed by atoms with Gasteiger partial charge in [0, 0.05) is 0 Å². The topological polar surface area (TPSA) is 55.6 Å². The molecule has 0 saturated heterocycles. The van der Waals surface area contributed by atoms with E-state index >= 15 is 0 Å². The highest BCUT2D eigenvalue weighted by Crippen LogP contribution is 2.27. The lowest BCUT2D eigenvalue weighted by molar-refractivity contribution is 0.753. The molecular formula is C9H9N5. The zero-order valence-corrected chi connectivity index (χ0v) is 7.73. The third-order valence-corrected chi connectivity index (χ3v) is 2.44. The number of hydrogen-bond donors (Lipinski definition) is 1. The van der Waals surface area contributed by atoms with Gasteiger partial charge in [-0.3, -0.25) is 0 Å². The van der Waals surface area contributed by atoms with Crippen molar-refractivity contribution in [3.8, 4) is 5.69 Å². The third kappa shape index (κ3) is 0.863. The Morgan fingerprint density at radius 3 is 3.29 bits per heavy atom. The van der Waals surface area contributed by atoms with Gasteiger partial charge in [0.25, 0.3) is 0 Å². The van der Waals surface area contributed by atoms with Crippen LogP contribution in [0.4, 0.5) is 5.69 Å². The van der Waals surface area contributed by atoms with Crippen LogP contribution in [0.1, 0.15) is 11.4 Å². The molecule has 0 fully saturated rings. The van der Waals surface area contributed by atoms with Crippen molar-refractivity contribution in [2.24, 2.45) is 0 Å². The van der Waals surface area contributed by atoms with E-state index in [4.69, 9.17) is 0 Å². The number of tetrazole rings is 1. The van der Waals surface area contributed by atoms with E-state index in [-0.39, 0.29) is 0 Å². The Bertz CT molecular complexity index is 488. The van der Waals surface area contributed by atoms with E-state index in [9.17, 15) is 0 Å². The van der Waals surface area contributed by atoms with Crippen molar-refractivity contribution < 1.29 is 0 Å². The Morgan fingerprint density at radius 2 is 2.36 bits per heavy atom. The summed E-state index contributed by atoms with van der Waals surface area (Å²) in [4.78, 5) is 0. The summed E-state index contributed by atoms with van der Waals surface area (Å²) < 4.78 is 1.78. The van der Waals surface area contributed by atoms with Gasteiger partial charge in [0.15, 0.2) is 5.82 Å². The predicted molar refractivity (Wildman–Crippen MR) is 51.2 cm³/mol. The highest BCUT2D eigenvalue weighted by molar-refractivity contribution is 5.66. The summed E-state index contributed by atoms with van der Waals surface area (Å²) in [5, 5.41) is 14.8. The van der Waals surface area contributed by atoms with Crippen molar-refractivity contribution in [1.29, 1.82) is 0 Å². The molecule has 0 bridgehead atoms. The fourth-order valence-electron chi connectivity index (χ4n) is 1.73. The summed E-state index contributed by atoms with van der Waals surface area (Å²) >= 11 is 0. The third-order valence-electron chi connectivity index (χ3n) is 2.44. The fraction of sp³-hybridized carbons (Fsp3) is 0.222. The molecule has 1 aliphatic rings. The lowest BCUT2D eigenvalue weighted by atomic mass is 10.1. The Balaban J connectivity index is 2.31. The van der Waals surface area contributed by atoms with Gasteiger partial charge < -0.3 is 5.32 Å². The molecule has 2 heterocycles. The summed E-state index contributed by atoms with van der Waals surface area (Å²) in [6, 6.07) is 6.09. The van der Waals surface area contributed by atoms with Gasteiger partial charge in [0.05, 0.1) is 17.9 Å². The minimum Gasteiger partial charge on any atom is -0.376 e. The number of aromatic nitrogens is 4. The number of nitrogens with zero attached hydrogens (tertiary/aromatic N) is 4. The van der Waals surface area contributed by atoms with Crippen LogP contribution in [-0.4, -0.2) is 20.2 Å². The standard InChI is InChI=1S/C9H9N5/c1-6-3-2-4-7-9(6)10-5-8-11-12-13-14(7)8/h2-4,10H,5H2,1H3. The second-order valence-corrected chi connectivity index (χ2v) is 3.33. The Hall–Kier alpha value is -1.91. The van der Waals surface area contributed by atoms with Gasteiger partial charge in [-0.05, 0) is 29.0 Å². The first-order valence-electron chi connectivity index (χ1n) is 4.47. The zero-order valence-electron chi connectivity index (χ0n) is 7.73. The maximum Gasteiger partial charge on any atom is 0.175 e. The molecule has 1 aromatic heterocycles. The monoisotopic (exact) mass is 187 g/mol. The van der Waals surface area contributed by atoms with Crippen molar-refractivity contribution >= 4 is 5.69 Å². The van der Waals surface area contributed by atoms with Gasteiger partial charge in [-0.2, -0.15) is 4.68 Å². The fourth-order valence-corrected chi connectivity index (χ4v) is 1.73. The van der Waals surface area contributed by atoms with Gasteiger partial charge in [0.1, 0.15) is 0 Å². The predicted octanol–water partition coefficient (Wildman–Crippen LogP) is 0.896. The number of rotatable bonds is 0. The molecule has 0 unspecified atom stereocenters. The molecule has 2 aromatic rings. The molecule has 1 N–H and O–H groups in total. The number of benzene rings is 1. The minimum absolute atomic E-state index is 0.685. The zero-order chi connectivity index (χ0) is 9.54. The van der Waals surface area contributed by atoms with Crippen molar-refractivity contribution in [3.05, 3.63) is 29.6 Å². The molecule has 3 rings (SSSR count). The smallest absolute Gasteiger partial charge is 0.175 e. The number of para-hydroxylation sites is 1. The molecule has 1 aromatic carbocycles. The van der Waals surface area contributed by atoms with E-state index in [0.717, 1.165) is 17.2 Å². The van der Waals surface area contributed by atoms with Crippen molar-refractivity contribution in [3.63, 3.8) is 0 Å². The van der Waals surface area contributed by atoms with Gasteiger partial charge in [-0.15, -0.1) is 5.10 Å². The Kier molecular flexibility index (Phi) is 1.36. The molecule has 5 nitrogen and oxygen atoms in total. The first-order chi connectivity index (χ1) is 6.86. The van der Waals surface area contributed by atoms with Crippen LogP contribution < -0.4 is 5.32 Å². The SMILES string of the molecule is Cc1cccc2c1NCc1nnnn1-2. The van der Waals surface area contributed by atoms with E-state index in [0.29, 0.717) is 6.54 Å². The maximum atomic E-state index is 3.95. The second kappa shape index (κ2) is 2.54. The summed E-state index contributed by atoms with van der Waals surface area (Å²) in [6.07, 6.45) is 0. The molecule has 70 valence electrons. The molecule has 0 radical (unpaired) electrons. The number of nitrogens with one attached hydrogen (secondary N) is 1. The quantitative estimate of drug-likeness (QED) is 0.665. The van der Waals surface area contributed by atoms with Gasteiger partial charge in [-0.25, -0.2) is 0 Å². The van der Waals surface area contributed by atoms with Gasteiger partial charge in [-0.1, -0.05) is 12.1 Å². The largest absolute Gasteiger partial charge is 0.376 e. The Labute approximate surface area is 80.7 Å². The van der Waals surface area contributed by atoms with Gasteiger partial charge >= 0.3 is 0 Å². The van der Waals surface area contributed by atoms with E-state index in [1.165, 1.54) is 5.56 Å². The summed E-state index contributed by atoms with van der Waals surface area (Å²) in [7, 11) is 0. The van der Waals surface area contributed by atoms with Crippen LogP contribution >= 0.6 is 0 Å². The van der Waals surface area contributed by atoms with E-state index in [1.54, 1.807) is 4.68 Å². The van der Waals surface area contributed by atoms with Crippen LogP contribution in [0.15, 0.2) is 18.2 Å². The summed E-state index contributed by atoms with van der Waals surface area (Å²) in [5.41, 5.74) is 3.35. The second-order valence-electron chi connectivity index (χ2n) is 3.33. The van der Waals surface area contributed by atoms with E-state index in [1.807, 2.05) is 12.1 Å². The van der Waals surface area contributed by atoms with Crippen molar-refractivity contribution in [2.75, 3.05) is 5.32 Å². The average Bonchev–Trinajstić information content (AvgIpc) is 2.66. The molecule has 0 aliphatic carbocycles. The lowest BCUT2D eigenvalue weighted by Gasteiger charge is -2.19. The van der Waals surface area contributed by atoms with Crippen molar-refractivity contribution in [1.82, 2.24) is 20.2 Å². The average molecular weight is 187 g/mol. The summed E-state index contributed by atoms with van der Waals surface area (Å²) in [6.45, 7) is 2.76. The normalized spacial score (nSPS) is 12.9. The highest BCUT2D eigenvalue weighted by Gasteiger charge is 2.18. The first-order valence-corrected chi connectivity index (χ1v) is 4.47.